The third kappa shape index (κ3) is 2.75. The lowest BCUT2D eigenvalue weighted by Gasteiger charge is -2.31. The SMILES string of the molecule is Cc1ccc([C@H](N2CC(C)(C)C(=O)N2)C(F)(F)F)c2ccccc12. The lowest BCUT2D eigenvalue weighted by atomic mass is 9.92. The van der Waals surface area contributed by atoms with E-state index in [-0.39, 0.29) is 12.1 Å². The Morgan fingerprint density at radius 1 is 1.12 bits per heavy atom. The summed E-state index contributed by atoms with van der Waals surface area (Å²) in [6.07, 6.45) is -4.51. The average Bonchev–Trinajstić information content (AvgIpc) is 2.74. The molecule has 1 aliphatic rings. The van der Waals surface area contributed by atoms with Gasteiger partial charge in [-0.05, 0) is 42.7 Å². The minimum absolute atomic E-state index is 0.00177. The van der Waals surface area contributed by atoms with Gasteiger partial charge in [-0.15, -0.1) is 0 Å². The Morgan fingerprint density at radius 3 is 2.29 bits per heavy atom. The van der Waals surface area contributed by atoms with Crippen molar-refractivity contribution in [2.45, 2.75) is 33.0 Å². The number of carbonyl (C=O) groups excluding carboxylic acids is 1. The molecular weight excluding hydrogens is 317 g/mol. The first-order chi connectivity index (χ1) is 11.1. The van der Waals surface area contributed by atoms with Gasteiger partial charge in [0.15, 0.2) is 6.04 Å². The van der Waals surface area contributed by atoms with Crippen LogP contribution in [0.25, 0.3) is 10.8 Å². The predicted molar refractivity (Wildman–Crippen MR) is 86.1 cm³/mol. The minimum Gasteiger partial charge on any atom is -0.287 e. The number of aryl methyl sites for hydroxylation is 1. The zero-order chi connectivity index (χ0) is 17.7. The van der Waals surface area contributed by atoms with Crippen LogP contribution >= 0.6 is 0 Å². The summed E-state index contributed by atoms with van der Waals surface area (Å²) in [5.41, 5.74) is 2.62. The van der Waals surface area contributed by atoms with Gasteiger partial charge >= 0.3 is 6.18 Å². The Hall–Kier alpha value is -2.08. The van der Waals surface area contributed by atoms with Crippen molar-refractivity contribution >= 4 is 16.7 Å². The van der Waals surface area contributed by atoms with Crippen molar-refractivity contribution in [3.8, 4) is 0 Å². The molecule has 0 spiro atoms. The summed E-state index contributed by atoms with van der Waals surface area (Å²) in [7, 11) is 0. The van der Waals surface area contributed by atoms with Gasteiger partial charge < -0.3 is 0 Å². The van der Waals surface area contributed by atoms with Crippen LogP contribution in [0.1, 0.15) is 31.0 Å². The van der Waals surface area contributed by atoms with Crippen molar-refractivity contribution in [3.63, 3.8) is 0 Å². The van der Waals surface area contributed by atoms with Gasteiger partial charge in [-0.2, -0.15) is 13.2 Å². The summed E-state index contributed by atoms with van der Waals surface area (Å²) in [5, 5.41) is 2.35. The van der Waals surface area contributed by atoms with E-state index < -0.39 is 23.5 Å². The fraction of sp³-hybridized carbons (Fsp3) is 0.389. The lowest BCUT2D eigenvalue weighted by molar-refractivity contribution is -0.191. The summed E-state index contributed by atoms with van der Waals surface area (Å²) in [6.45, 7) is 5.15. The molecule has 0 bridgehead atoms. The van der Waals surface area contributed by atoms with E-state index in [1.165, 1.54) is 6.07 Å². The normalized spacial score (nSPS) is 19.5. The van der Waals surface area contributed by atoms with E-state index in [9.17, 15) is 18.0 Å². The summed E-state index contributed by atoms with van der Waals surface area (Å²) in [4.78, 5) is 12.0. The molecule has 2 aromatic carbocycles. The number of halogens is 3. The number of amides is 1. The maximum absolute atomic E-state index is 13.9. The average molecular weight is 336 g/mol. The quantitative estimate of drug-likeness (QED) is 0.894. The largest absolute Gasteiger partial charge is 0.409 e. The van der Waals surface area contributed by atoms with Crippen LogP contribution in [0.15, 0.2) is 36.4 Å². The molecule has 1 atom stereocenters. The molecule has 128 valence electrons. The summed E-state index contributed by atoms with van der Waals surface area (Å²) in [6, 6.07) is 8.36. The van der Waals surface area contributed by atoms with Gasteiger partial charge in [0, 0.05) is 6.54 Å². The first-order valence-electron chi connectivity index (χ1n) is 7.74. The monoisotopic (exact) mass is 336 g/mol. The Labute approximate surface area is 138 Å². The highest BCUT2D eigenvalue weighted by atomic mass is 19.4. The molecule has 0 aromatic heterocycles. The van der Waals surface area contributed by atoms with Crippen LogP contribution < -0.4 is 5.43 Å². The molecule has 2 aromatic rings. The number of hydrazine groups is 1. The molecule has 3 nitrogen and oxygen atoms in total. The standard InChI is InChI=1S/C18H19F3N2O/c1-11-8-9-14(13-7-5-4-6-12(11)13)15(18(19,20)21)23-10-17(2,3)16(24)22-23/h4-9,15H,10H2,1-3H3,(H,22,24)/t15-/m0/s1. The van der Waals surface area contributed by atoms with E-state index >= 15 is 0 Å². The van der Waals surface area contributed by atoms with Gasteiger partial charge in [0.2, 0.25) is 5.91 Å². The van der Waals surface area contributed by atoms with Crippen molar-refractivity contribution < 1.29 is 18.0 Å². The second-order valence-corrected chi connectivity index (χ2v) is 6.91. The van der Waals surface area contributed by atoms with E-state index in [0.717, 1.165) is 16.0 Å². The number of benzene rings is 2. The Morgan fingerprint density at radius 2 is 1.75 bits per heavy atom. The number of hydrogen-bond donors (Lipinski definition) is 1. The second-order valence-electron chi connectivity index (χ2n) is 6.91. The van der Waals surface area contributed by atoms with Crippen LogP contribution in [0, 0.1) is 12.3 Å². The number of fused-ring (bicyclic) bond motifs is 1. The van der Waals surface area contributed by atoms with Gasteiger partial charge in [0.05, 0.1) is 5.41 Å². The van der Waals surface area contributed by atoms with Crippen molar-refractivity contribution in [2.75, 3.05) is 6.54 Å². The predicted octanol–water partition coefficient (Wildman–Crippen LogP) is 4.12. The molecule has 1 heterocycles. The molecule has 1 amide bonds. The maximum atomic E-state index is 13.9. The van der Waals surface area contributed by atoms with Crippen LogP contribution in [0.3, 0.4) is 0 Å². The molecule has 24 heavy (non-hydrogen) atoms. The molecule has 1 saturated heterocycles. The molecule has 0 radical (unpaired) electrons. The molecule has 0 aliphatic carbocycles. The van der Waals surface area contributed by atoms with Crippen molar-refractivity contribution in [2.24, 2.45) is 5.41 Å². The number of carbonyl (C=O) groups is 1. The molecular formula is C18H19F3N2O. The third-order valence-corrected chi connectivity index (χ3v) is 4.52. The third-order valence-electron chi connectivity index (χ3n) is 4.52. The number of nitrogens with one attached hydrogen (secondary N) is 1. The summed E-state index contributed by atoms with van der Waals surface area (Å²) in [5.74, 6) is -0.395. The molecule has 1 N–H and O–H groups in total. The van der Waals surface area contributed by atoms with E-state index in [1.54, 1.807) is 32.0 Å². The highest BCUT2D eigenvalue weighted by molar-refractivity contribution is 5.89. The topological polar surface area (TPSA) is 32.3 Å². The van der Waals surface area contributed by atoms with Crippen LogP contribution in [0.2, 0.25) is 0 Å². The maximum Gasteiger partial charge on any atom is 0.409 e. The number of rotatable bonds is 2. The highest BCUT2D eigenvalue weighted by Crippen LogP contribution is 2.43. The van der Waals surface area contributed by atoms with Gasteiger partial charge in [-0.1, -0.05) is 36.4 Å². The minimum atomic E-state index is -4.51. The van der Waals surface area contributed by atoms with E-state index in [2.05, 4.69) is 5.43 Å². The number of hydrogen-bond acceptors (Lipinski definition) is 2. The lowest BCUT2D eigenvalue weighted by Crippen LogP contribution is -2.43. The van der Waals surface area contributed by atoms with Gasteiger partial charge in [0.25, 0.3) is 0 Å². The van der Waals surface area contributed by atoms with Crippen LogP contribution in [-0.2, 0) is 4.79 Å². The molecule has 0 saturated carbocycles. The van der Waals surface area contributed by atoms with E-state index in [0.29, 0.717) is 5.39 Å². The van der Waals surface area contributed by atoms with Gasteiger partial charge in [-0.3, -0.25) is 10.2 Å². The molecule has 1 fully saturated rings. The first kappa shape index (κ1) is 16.8. The molecule has 1 aliphatic heterocycles. The summed E-state index contributed by atoms with van der Waals surface area (Å²) < 4.78 is 41.6. The van der Waals surface area contributed by atoms with E-state index in [1.807, 2.05) is 19.1 Å². The molecule has 3 rings (SSSR count). The molecule has 0 unspecified atom stereocenters. The number of nitrogens with zero attached hydrogens (tertiary/aromatic N) is 1. The van der Waals surface area contributed by atoms with Crippen LogP contribution in [0.5, 0.6) is 0 Å². The second kappa shape index (κ2) is 5.48. The summed E-state index contributed by atoms with van der Waals surface area (Å²) >= 11 is 0. The smallest absolute Gasteiger partial charge is 0.287 e. The van der Waals surface area contributed by atoms with Crippen molar-refractivity contribution in [3.05, 3.63) is 47.5 Å². The van der Waals surface area contributed by atoms with Crippen LogP contribution in [-0.4, -0.2) is 23.6 Å². The van der Waals surface area contributed by atoms with Gasteiger partial charge in [-0.25, -0.2) is 5.01 Å². The first-order valence-corrected chi connectivity index (χ1v) is 7.74. The Bertz CT molecular complexity index is 798. The Balaban J connectivity index is 2.16. The fourth-order valence-electron chi connectivity index (χ4n) is 3.21. The molecule has 6 heteroatoms. The van der Waals surface area contributed by atoms with Crippen molar-refractivity contribution in [1.29, 1.82) is 0 Å². The Kier molecular flexibility index (Phi) is 3.83. The number of alkyl halides is 3. The fourth-order valence-corrected chi connectivity index (χ4v) is 3.21. The van der Waals surface area contributed by atoms with Gasteiger partial charge in [0.1, 0.15) is 0 Å². The van der Waals surface area contributed by atoms with E-state index in [4.69, 9.17) is 0 Å². The van der Waals surface area contributed by atoms with Crippen LogP contribution in [0.4, 0.5) is 13.2 Å². The highest BCUT2D eigenvalue weighted by Gasteiger charge is 2.51. The zero-order valence-corrected chi connectivity index (χ0v) is 13.7. The van der Waals surface area contributed by atoms with Crippen molar-refractivity contribution in [1.82, 2.24) is 10.4 Å². The zero-order valence-electron chi connectivity index (χ0n) is 13.7.